The van der Waals surface area contributed by atoms with E-state index in [2.05, 4.69) is 5.09 Å². The van der Waals surface area contributed by atoms with Crippen LogP contribution in [0, 0.1) is 16.6 Å². The van der Waals surface area contributed by atoms with Crippen LogP contribution in [0.3, 0.4) is 0 Å². The molecular formula is C47H58FN2O9P. The van der Waals surface area contributed by atoms with Crippen molar-refractivity contribution < 1.29 is 47.1 Å². The maximum absolute atomic E-state index is 14.5. The van der Waals surface area contributed by atoms with Gasteiger partial charge in [-0.25, -0.2) is 9.48 Å². The van der Waals surface area contributed by atoms with Crippen molar-refractivity contribution in [2.75, 3.05) is 6.35 Å². The molecule has 1 aliphatic heterocycles. The fourth-order valence-corrected chi connectivity index (χ4v) is 9.67. The molecule has 1 aliphatic carbocycles. The topological polar surface area (TPSA) is 143 Å². The van der Waals surface area contributed by atoms with Crippen LogP contribution in [0.25, 0.3) is 28.1 Å². The van der Waals surface area contributed by atoms with E-state index in [0.29, 0.717) is 28.8 Å². The summed E-state index contributed by atoms with van der Waals surface area (Å²) < 4.78 is 60.0. The number of hydrogen-bond donors (Lipinski definition) is 2. The van der Waals surface area contributed by atoms with E-state index >= 15 is 0 Å². The number of nitrogens with one attached hydrogen (secondary N) is 1. The summed E-state index contributed by atoms with van der Waals surface area (Å²) in [4.78, 5) is 30.0. The van der Waals surface area contributed by atoms with Gasteiger partial charge in [0, 0.05) is 39.7 Å². The highest BCUT2D eigenvalue weighted by atomic mass is 31.2. The van der Waals surface area contributed by atoms with Gasteiger partial charge < -0.3 is 28.6 Å². The van der Waals surface area contributed by atoms with Crippen LogP contribution >= 0.6 is 7.52 Å². The van der Waals surface area contributed by atoms with Crippen molar-refractivity contribution in [1.29, 1.82) is 0 Å². The van der Waals surface area contributed by atoms with E-state index in [-0.39, 0.29) is 24.3 Å². The number of aliphatic carboxylic acids is 1. The summed E-state index contributed by atoms with van der Waals surface area (Å²) in [7, 11) is -3.90. The number of halogens is 1. The molecule has 2 heterocycles. The molecule has 0 bridgehead atoms. The lowest BCUT2D eigenvalue weighted by Crippen LogP contribution is -2.63. The monoisotopic (exact) mass is 844 g/mol. The molecule has 3 aromatic carbocycles. The van der Waals surface area contributed by atoms with Gasteiger partial charge in [0.15, 0.2) is 12.1 Å². The lowest BCUT2D eigenvalue weighted by Gasteiger charge is -2.57. The first-order chi connectivity index (χ1) is 28.2. The zero-order chi connectivity index (χ0) is 43.6. The van der Waals surface area contributed by atoms with Crippen molar-refractivity contribution >= 4 is 36.4 Å². The van der Waals surface area contributed by atoms with E-state index < -0.39 is 60.7 Å². The van der Waals surface area contributed by atoms with Crippen LogP contribution in [0.2, 0.25) is 0 Å². The molecule has 0 spiro atoms. The summed E-state index contributed by atoms with van der Waals surface area (Å²) in [5.74, 6) is -2.13. The SMILES string of the molecule is CC(C)OC(=O)[C@H](C)NP(=O)(COc1ccc2nc(C3CC3)c(C=C[C@@H]3C[C@H](CC(=O)O)OC(C(C)(C)C)(C(C)(C)C)O3)c(-c3ccc(F)cc3)c2c1)Oc1ccccc1. The van der Waals surface area contributed by atoms with Crippen molar-refractivity contribution in [3.05, 3.63) is 95.9 Å². The molecule has 4 atom stereocenters. The molecule has 6 rings (SSSR count). The Morgan fingerprint density at radius 3 is 2.23 bits per heavy atom. The van der Waals surface area contributed by atoms with Crippen LogP contribution in [0.15, 0.2) is 78.9 Å². The largest absolute Gasteiger partial charge is 0.481 e. The average Bonchev–Trinajstić information content (AvgIpc) is 4.01. The van der Waals surface area contributed by atoms with Crippen molar-refractivity contribution in [3.8, 4) is 22.6 Å². The molecule has 1 saturated heterocycles. The highest BCUT2D eigenvalue weighted by Gasteiger charge is 2.57. The summed E-state index contributed by atoms with van der Waals surface area (Å²) >= 11 is 0. The van der Waals surface area contributed by atoms with E-state index in [4.69, 9.17) is 28.5 Å². The van der Waals surface area contributed by atoms with Crippen molar-refractivity contribution in [2.24, 2.45) is 10.8 Å². The lowest BCUT2D eigenvalue weighted by atomic mass is 9.69. The third-order valence-corrected chi connectivity index (χ3v) is 12.4. The fourth-order valence-electron chi connectivity index (χ4n) is 8.02. The van der Waals surface area contributed by atoms with E-state index in [1.54, 1.807) is 63.2 Å². The molecule has 0 radical (unpaired) electrons. The second-order valence-corrected chi connectivity index (χ2v) is 20.2. The number of pyridine rings is 1. The first kappa shape index (κ1) is 44.9. The number of hydrogen-bond acceptors (Lipinski definition) is 9. The second-order valence-electron chi connectivity index (χ2n) is 18.1. The normalized spacial score (nSPS) is 19.9. The minimum Gasteiger partial charge on any atom is -0.481 e. The van der Waals surface area contributed by atoms with Gasteiger partial charge in [-0.15, -0.1) is 0 Å². The third-order valence-electron chi connectivity index (χ3n) is 10.6. The molecule has 11 nitrogen and oxygen atoms in total. The van der Waals surface area contributed by atoms with E-state index in [9.17, 15) is 23.7 Å². The summed E-state index contributed by atoms with van der Waals surface area (Å²) in [6, 6.07) is 19.4. The molecule has 4 aromatic rings. The lowest BCUT2D eigenvalue weighted by molar-refractivity contribution is -0.389. The Morgan fingerprint density at radius 2 is 1.63 bits per heavy atom. The Labute approximate surface area is 352 Å². The fraction of sp³-hybridized carbons (Fsp3) is 0.468. The summed E-state index contributed by atoms with van der Waals surface area (Å²) in [6.07, 6.45) is 4.14. The molecule has 1 saturated carbocycles. The highest BCUT2D eigenvalue weighted by Crippen LogP contribution is 2.53. The van der Waals surface area contributed by atoms with Crippen molar-refractivity contribution in [3.63, 3.8) is 0 Å². The Bertz CT molecular complexity index is 2230. The van der Waals surface area contributed by atoms with Gasteiger partial charge in [0.05, 0.1) is 35.9 Å². The maximum Gasteiger partial charge on any atom is 0.354 e. The number of para-hydroxylation sites is 1. The van der Waals surface area contributed by atoms with Gasteiger partial charge in [-0.2, -0.15) is 0 Å². The Kier molecular flexibility index (Phi) is 13.3. The second kappa shape index (κ2) is 17.8. The van der Waals surface area contributed by atoms with Gasteiger partial charge >= 0.3 is 19.5 Å². The van der Waals surface area contributed by atoms with Crippen LogP contribution in [0.5, 0.6) is 11.5 Å². The molecule has 2 aliphatic rings. The van der Waals surface area contributed by atoms with Crippen molar-refractivity contribution in [2.45, 2.75) is 124 Å². The predicted octanol–water partition coefficient (Wildman–Crippen LogP) is 10.9. The van der Waals surface area contributed by atoms with Crippen LogP contribution in [-0.2, 0) is 28.4 Å². The number of aromatic nitrogens is 1. The minimum absolute atomic E-state index is 0.171. The number of benzene rings is 3. The number of ether oxygens (including phenoxy) is 4. The molecular weight excluding hydrogens is 786 g/mol. The Balaban J connectivity index is 1.42. The number of carbonyl (C=O) groups is 2. The number of carboxylic acid groups (broad SMARTS) is 1. The van der Waals surface area contributed by atoms with Gasteiger partial charge in [-0.1, -0.05) is 84.0 Å². The highest BCUT2D eigenvalue weighted by molar-refractivity contribution is 7.57. The van der Waals surface area contributed by atoms with Gasteiger partial charge in [0.1, 0.15) is 23.4 Å². The number of carbonyl (C=O) groups excluding carboxylic acids is 1. The zero-order valence-electron chi connectivity index (χ0n) is 36.0. The van der Waals surface area contributed by atoms with Crippen LogP contribution in [-0.4, -0.2) is 58.5 Å². The Hall–Kier alpha value is -4.61. The first-order valence-electron chi connectivity index (χ1n) is 20.6. The molecule has 0 amide bonds. The molecule has 2 fully saturated rings. The molecule has 322 valence electrons. The van der Waals surface area contributed by atoms with Crippen molar-refractivity contribution in [1.82, 2.24) is 10.1 Å². The molecule has 13 heteroatoms. The van der Waals surface area contributed by atoms with Crippen LogP contribution in [0.1, 0.15) is 105 Å². The smallest absolute Gasteiger partial charge is 0.354 e. The number of carboxylic acids is 1. The van der Waals surface area contributed by atoms with E-state index in [0.717, 1.165) is 35.2 Å². The van der Waals surface area contributed by atoms with Crippen LogP contribution in [0.4, 0.5) is 4.39 Å². The maximum atomic E-state index is 14.5. The molecule has 1 unspecified atom stereocenters. The molecule has 1 aromatic heterocycles. The van der Waals surface area contributed by atoms with Gasteiger partial charge in [-0.3, -0.25) is 19.1 Å². The summed E-state index contributed by atoms with van der Waals surface area (Å²) in [5, 5.41) is 13.4. The third kappa shape index (κ3) is 10.5. The number of fused-ring (bicyclic) bond motifs is 1. The number of nitrogens with zero attached hydrogens (tertiary/aromatic N) is 1. The van der Waals surface area contributed by atoms with Gasteiger partial charge in [0.2, 0.25) is 0 Å². The van der Waals surface area contributed by atoms with Gasteiger partial charge in [0.25, 0.3) is 0 Å². The summed E-state index contributed by atoms with van der Waals surface area (Å²) in [5.41, 5.74) is 2.91. The predicted molar refractivity (Wildman–Crippen MR) is 230 cm³/mol. The number of rotatable bonds is 15. The average molecular weight is 845 g/mol. The Morgan fingerprint density at radius 1 is 0.967 bits per heavy atom. The molecule has 2 N–H and O–H groups in total. The van der Waals surface area contributed by atoms with E-state index in [1.807, 2.05) is 71.9 Å². The van der Waals surface area contributed by atoms with Crippen LogP contribution < -0.4 is 14.3 Å². The minimum atomic E-state index is -3.90. The quantitative estimate of drug-likeness (QED) is 0.0872. The summed E-state index contributed by atoms with van der Waals surface area (Å²) in [6.45, 7) is 17.3. The van der Waals surface area contributed by atoms with E-state index in [1.165, 1.54) is 12.1 Å². The zero-order valence-corrected chi connectivity index (χ0v) is 36.9. The first-order valence-corrected chi connectivity index (χ1v) is 22.4. The van der Waals surface area contributed by atoms with Gasteiger partial charge in [-0.05, 0) is 81.6 Å². The molecule has 60 heavy (non-hydrogen) atoms. The standard InChI is InChI=1S/C47H58FN2O9P/c1-29(2)56-44(53)30(3)50-60(54,59-34-13-11-10-12-14-34)28-55-35-22-24-40-39(26-35)42(31-17-19-33(48)20-18-31)38(43(49-40)32-15-16-32)23-21-36-25-37(27-41(51)52)58-47(57-36,45(4,5)6)46(7,8)9/h10-14,17-24,26,29-30,32,36-37H,15-16,25,27-28H2,1-9H3,(H,50,54)(H,51,52)/t30-,36+,37+,60?/m0/s1. The number of esters is 1.